The maximum atomic E-state index is 11.5. The number of benzene rings is 1. The van der Waals surface area contributed by atoms with E-state index in [1.165, 1.54) is 6.07 Å². The molecule has 7 heteroatoms. The van der Waals surface area contributed by atoms with Crippen LogP contribution in [0.15, 0.2) is 35.5 Å². The fourth-order valence-electron chi connectivity index (χ4n) is 1.60. The second-order valence-electron chi connectivity index (χ2n) is 4.13. The zero-order valence-corrected chi connectivity index (χ0v) is 12.1. The Balaban J connectivity index is 2.28. The molecule has 0 aliphatic heterocycles. The Morgan fingerprint density at radius 3 is 2.74 bits per heavy atom. The summed E-state index contributed by atoms with van der Waals surface area (Å²) in [5, 5.41) is 0. The molecule has 0 unspecified atom stereocenters. The van der Waals surface area contributed by atoms with E-state index in [0.29, 0.717) is 5.82 Å². The minimum absolute atomic E-state index is 0.0247. The van der Waals surface area contributed by atoms with Gasteiger partial charge in [-0.15, -0.1) is 0 Å². The Bertz CT molecular complexity index is 695. The highest BCUT2D eigenvalue weighted by Crippen LogP contribution is 2.28. The molecule has 0 aliphatic rings. The molecule has 1 aromatic carbocycles. The largest absolute Gasteiger partial charge is 0.484 e. The van der Waals surface area contributed by atoms with Gasteiger partial charge in [0.15, 0.2) is 0 Å². The van der Waals surface area contributed by atoms with Crippen LogP contribution >= 0.6 is 10.7 Å². The van der Waals surface area contributed by atoms with Gasteiger partial charge >= 0.3 is 0 Å². The van der Waals surface area contributed by atoms with Crippen molar-refractivity contribution in [2.45, 2.75) is 18.4 Å². The monoisotopic (exact) mass is 300 g/mol. The van der Waals surface area contributed by atoms with Crippen molar-refractivity contribution in [1.82, 2.24) is 9.55 Å². The first-order chi connectivity index (χ1) is 8.88. The van der Waals surface area contributed by atoms with Gasteiger partial charge in [-0.2, -0.15) is 0 Å². The van der Waals surface area contributed by atoms with Crippen molar-refractivity contribution in [1.29, 1.82) is 0 Å². The Kier molecular flexibility index (Phi) is 3.82. The number of aromatic nitrogens is 2. The molecule has 1 aromatic heterocycles. The van der Waals surface area contributed by atoms with Gasteiger partial charge < -0.3 is 9.30 Å². The lowest BCUT2D eigenvalue weighted by Crippen LogP contribution is -2.05. The standard InChI is InChI=1S/C12H13ClN2O3S/c1-9-3-4-10(11(7-9)19(13,16)17)18-8-12-14-5-6-15(12)2/h3-7H,8H2,1-2H3. The van der Waals surface area contributed by atoms with Crippen molar-refractivity contribution in [3.8, 4) is 5.75 Å². The normalized spacial score (nSPS) is 11.5. The van der Waals surface area contributed by atoms with Gasteiger partial charge in [-0.25, -0.2) is 13.4 Å². The van der Waals surface area contributed by atoms with E-state index in [1.807, 2.05) is 7.05 Å². The van der Waals surface area contributed by atoms with Gasteiger partial charge in [0.25, 0.3) is 9.05 Å². The van der Waals surface area contributed by atoms with Crippen LogP contribution in [0.5, 0.6) is 5.75 Å². The zero-order valence-electron chi connectivity index (χ0n) is 10.5. The zero-order chi connectivity index (χ0) is 14.0. The molecule has 0 saturated carbocycles. The number of ether oxygens (including phenoxy) is 1. The lowest BCUT2D eigenvalue weighted by atomic mass is 10.2. The fourth-order valence-corrected chi connectivity index (χ4v) is 2.66. The fraction of sp³-hybridized carbons (Fsp3) is 0.250. The molecule has 2 rings (SSSR count). The smallest absolute Gasteiger partial charge is 0.264 e. The van der Waals surface area contributed by atoms with Crippen molar-refractivity contribution in [2.75, 3.05) is 0 Å². The molecule has 0 atom stereocenters. The van der Waals surface area contributed by atoms with Crippen LogP contribution in [-0.4, -0.2) is 18.0 Å². The molecule has 0 radical (unpaired) electrons. The van der Waals surface area contributed by atoms with E-state index in [9.17, 15) is 8.42 Å². The summed E-state index contributed by atoms with van der Waals surface area (Å²) in [5.41, 5.74) is 0.795. The molecule has 0 aliphatic carbocycles. The molecule has 102 valence electrons. The number of nitrogens with zero attached hydrogens (tertiary/aromatic N) is 2. The van der Waals surface area contributed by atoms with Gasteiger partial charge in [-0.1, -0.05) is 6.07 Å². The lowest BCUT2D eigenvalue weighted by Gasteiger charge is -2.10. The van der Waals surface area contributed by atoms with Crippen molar-refractivity contribution < 1.29 is 13.2 Å². The average Bonchev–Trinajstić information content (AvgIpc) is 2.72. The Hall–Kier alpha value is -1.53. The van der Waals surface area contributed by atoms with E-state index in [-0.39, 0.29) is 17.3 Å². The predicted molar refractivity (Wildman–Crippen MR) is 71.8 cm³/mol. The van der Waals surface area contributed by atoms with E-state index in [2.05, 4.69) is 4.98 Å². The number of halogens is 1. The van der Waals surface area contributed by atoms with Crippen LogP contribution < -0.4 is 4.74 Å². The van der Waals surface area contributed by atoms with E-state index < -0.39 is 9.05 Å². The van der Waals surface area contributed by atoms with Crippen LogP contribution in [-0.2, 0) is 22.7 Å². The third-order valence-corrected chi connectivity index (χ3v) is 3.98. The van der Waals surface area contributed by atoms with Crippen molar-refractivity contribution >= 4 is 19.7 Å². The topological polar surface area (TPSA) is 61.2 Å². The lowest BCUT2D eigenvalue weighted by molar-refractivity contribution is 0.284. The van der Waals surface area contributed by atoms with E-state index in [0.717, 1.165) is 5.56 Å². The third kappa shape index (κ3) is 3.27. The molecule has 0 amide bonds. The second-order valence-corrected chi connectivity index (χ2v) is 6.67. The highest BCUT2D eigenvalue weighted by molar-refractivity contribution is 8.13. The highest BCUT2D eigenvalue weighted by atomic mass is 35.7. The number of hydrogen-bond donors (Lipinski definition) is 0. The number of hydrogen-bond acceptors (Lipinski definition) is 4. The van der Waals surface area contributed by atoms with E-state index in [1.54, 1.807) is 36.0 Å². The molecular formula is C12H13ClN2O3S. The quantitative estimate of drug-likeness (QED) is 0.812. The third-order valence-electron chi connectivity index (χ3n) is 2.64. The number of aryl methyl sites for hydroxylation is 2. The number of rotatable bonds is 4. The van der Waals surface area contributed by atoms with E-state index in [4.69, 9.17) is 15.4 Å². The van der Waals surface area contributed by atoms with Gasteiger partial charge in [0.2, 0.25) is 0 Å². The van der Waals surface area contributed by atoms with Crippen LogP contribution in [0.25, 0.3) is 0 Å². The van der Waals surface area contributed by atoms with Crippen molar-refractivity contribution in [2.24, 2.45) is 7.05 Å². The minimum atomic E-state index is -3.84. The Morgan fingerprint density at radius 1 is 1.42 bits per heavy atom. The molecule has 19 heavy (non-hydrogen) atoms. The Labute approximate surface area is 116 Å². The summed E-state index contributed by atoms with van der Waals surface area (Å²) in [5.74, 6) is 0.919. The summed E-state index contributed by atoms with van der Waals surface area (Å²) in [6.07, 6.45) is 3.43. The molecule has 0 saturated heterocycles. The van der Waals surface area contributed by atoms with Crippen molar-refractivity contribution in [3.63, 3.8) is 0 Å². The second kappa shape index (κ2) is 5.22. The molecule has 0 bridgehead atoms. The predicted octanol–water partition coefficient (Wildman–Crippen LogP) is 2.24. The highest BCUT2D eigenvalue weighted by Gasteiger charge is 2.17. The molecule has 0 spiro atoms. The first-order valence-corrected chi connectivity index (χ1v) is 7.83. The van der Waals surface area contributed by atoms with Crippen LogP contribution in [0, 0.1) is 6.92 Å². The molecule has 1 heterocycles. The summed E-state index contributed by atoms with van der Waals surface area (Å²) in [6, 6.07) is 4.84. The van der Waals surface area contributed by atoms with Crippen LogP contribution in [0.4, 0.5) is 0 Å². The molecular weight excluding hydrogens is 288 g/mol. The first-order valence-electron chi connectivity index (χ1n) is 5.52. The number of imidazole rings is 1. The maximum Gasteiger partial charge on any atom is 0.264 e. The van der Waals surface area contributed by atoms with Gasteiger partial charge in [0.05, 0.1) is 0 Å². The molecule has 2 aromatic rings. The molecule has 5 nitrogen and oxygen atoms in total. The summed E-state index contributed by atoms with van der Waals surface area (Å²) in [4.78, 5) is 4.07. The van der Waals surface area contributed by atoms with E-state index >= 15 is 0 Å². The van der Waals surface area contributed by atoms with Gasteiger partial charge in [0.1, 0.15) is 23.1 Å². The molecule has 0 N–H and O–H groups in total. The average molecular weight is 301 g/mol. The summed E-state index contributed by atoms with van der Waals surface area (Å²) >= 11 is 0. The van der Waals surface area contributed by atoms with Gasteiger partial charge in [-0.3, -0.25) is 0 Å². The Morgan fingerprint density at radius 2 is 2.16 bits per heavy atom. The van der Waals surface area contributed by atoms with Gasteiger partial charge in [0, 0.05) is 30.1 Å². The maximum absolute atomic E-state index is 11.5. The molecule has 0 fully saturated rings. The van der Waals surface area contributed by atoms with Crippen molar-refractivity contribution in [3.05, 3.63) is 42.0 Å². The summed E-state index contributed by atoms with van der Waals surface area (Å²) in [6.45, 7) is 1.96. The summed E-state index contributed by atoms with van der Waals surface area (Å²) < 4.78 is 30.3. The van der Waals surface area contributed by atoms with Crippen LogP contribution in [0.2, 0.25) is 0 Å². The van der Waals surface area contributed by atoms with Crippen LogP contribution in [0.3, 0.4) is 0 Å². The van der Waals surface area contributed by atoms with Gasteiger partial charge in [-0.05, 0) is 24.6 Å². The SMILES string of the molecule is Cc1ccc(OCc2nccn2C)c(S(=O)(=O)Cl)c1. The summed E-state index contributed by atoms with van der Waals surface area (Å²) in [7, 11) is 3.40. The first kappa shape index (κ1) is 13.9. The van der Waals surface area contributed by atoms with Crippen LogP contribution in [0.1, 0.15) is 11.4 Å². The minimum Gasteiger partial charge on any atom is -0.484 e.